The molecule has 0 unspecified atom stereocenters. The molecule has 2 aromatic carbocycles. The Morgan fingerprint density at radius 2 is 1.90 bits per heavy atom. The largest absolute Gasteiger partial charge is 0.502 e. The molecule has 11 nitrogen and oxygen atoms in total. The Morgan fingerprint density at radius 3 is 2.51 bits per heavy atom. The number of nitro benzene ring substituents is 1. The van der Waals surface area contributed by atoms with Gasteiger partial charge in [-0.1, -0.05) is 43.2 Å². The van der Waals surface area contributed by atoms with Gasteiger partial charge in [0.15, 0.2) is 16.3 Å². The Bertz CT molecular complexity index is 1730. The van der Waals surface area contributed by atoms with Gasteiger partial charge in [-0.2, -0.15) is 0 Å². The molecule has 1 aromatic heterocycles. The second-order valence-electron chi connectivity index (χ2n) is 8.15. The highest BCUT2D eigenvalue weighted by atomic mass is 79.9. The van der Waals surface area contributed by atoms with Crippen molar-refractivity contribution in [1.29, 1.82) is 0 Å². The molecule has 2 heterocycles. The van der Waals surface area contributed by atoms with Crippen molar-refractivity contribution >= 4 is 60.9 Å². The lowest BCUT2D eigenvalue weighted by atomic mass is 9.95. The summed E-state index contributed by atoms with van der Waals surface area (Å²) in [6, 6.07) is 4.99. The van der Waals surface area contributed by atoms with Gasteiger partial charge < -0.3 is 19.3 Å². The summed E-state index contributed by atoms with van der Waals surface area (Å²) < 4.78 is 18.5. The first-order chi connectivity index (χ1) is 18.5. The van der Waals surface area contributed by atoms with E-state index in [9.17, 15) is 24.8 Å². The van der Waals surface area contributed by atoms with E-state index in [2.05, 4.69) is 36.9 Å². The number of carbonyl (C=O) groups excluding carboxylic acids is 1. The van der Waals surface area contributed by atoms with Gasteiger partial charge in [0, 0.05) is 20.6 Å². The van der Waals surface area contributed by atoms with E-state index < -0.39 is 33.9 Å². The lowest BCUT2D eigenvalue weighted by Gasteiger charge is -2.26. The number of fused-ring (bicyclic) bond motifs is 1. The van der Waals surface area contributed by atoms with Gasteiger partial charge in [-0.3, -0.25) is 19.5 Å². The molecule has 14 heteroatoms. The van der Waals surface area contributed by atoms with Crippen LogP contribution in [0.25, 0.3) is 6.08 Å². The summed E-state index contributed by atoms with van der Waals surface area (Å²) >= 11 is 7.75. The zero-order valence-electron chi connectivity index (χ0n) is 21.0. The molecule has 39 heavy (non-hydrogen) atoms. The number of ether oxygens (including phenoxy) is 3. The molecule has 0 bridgehead atoms. The van der Waals surface area contributed by atoms with Crippen LogP contribution in [0.3, 0.4) is 0 Å². The number of allylic oxidation sites excluding steroid dienone is 1. The van der Waals surface area contributed by atoms with E-state index >= 15 is 0 Å². The van der Waals surface area contributed by atoms with Crippen LogP contribution in [0.1, 0.15) is 31.0 Å². The van der Waals surface area contributed by atoms with Crippen molar-refractivity contribution in [3.8, 4) is 17.2 Å². The smallest absolute Gasteiger partial charge is 0.338 e. The fourth-order valence-corrected chi connectivity index (χ4v) is 6.20. The molecule has 3 aromatic rings. The molecule has 204 valence electrons. The minimum Gasteiger partial charge on any atom is -0.502 e. The molecule has 0 spiro atoms. The first-order valence-corrected chi connectivity index (χ1v) is 13.7. The number of methoxy groups -OCH3 is 2. The molecule has 1 N–H and O–H groups in total. The highest BCUT2D eigenvalue weighted by Gasteiger charge is 2.35. The van der Waals surface area contributed by atoms with E-state index in [0.29, 0.717) is 31.7 Å². The molecule has 0 saturated heterocycles. The van der Waals surface area contributed by atoms with Gasteiger partial charge in [-0.15, -0.1) is 0 Å². The summed E-state index contributed by atoms with van der Waals surface area (Å²) in [5.41, 5.74) is 0.0429. The van der Waals surface area contributed by atoms with Crippen molar-refractivity contribution in [3.05, 3.63) is 85.4 Å². The van der Waals surface area contributed by atoms with Crippen molar-refractivity contribution in [1.82, 2.24) is 4.57 Å². The van der Waals surface area contributed by atoms with Crippen LogP contribution >= 0.6 is 43.2 Å². The van der Waals surface area contributed by atoms with E-state index in [-0.39, 0.29) is 27.1 Å². The minimum atomic E-state index is -0.956. The highest BCUT2D eigenvalue weighted by Crippen LogP contribution is 2.41. The normalized spacial score (nSPS) is 15.0. The summed E-state index contributed by atoms with van der Waals surface area (Å²) in [5.74, 6) is -0.413. The van der Waals surface area contributed by atoms with Crippen LogP contribution < -0.4 is 24.4 Å². The van der Waals surface area contributed by atoms with Crippen LogP contribution in [0.4, 0.5) is 5.69 Å². The molecule has 1 atom stereocenters. The summed E-state index contributed by atoms with van der Waals surface area (Å²) in [6.45, 7) is 3.43. The predicted molar refractivity (Wildman–Crippen MR) is 150 cm³/mol. The summed E-state index contributed by atoms with van der Waals surface area (Å²) in [6.07, 6.45) is 1.35. The van der Waals surface area contributed by atoms with E-state index in [4.69, 9.17) is 14.2 Å². The molecule has 0 amide bonds. The molecular formula is C25H21Br2N3O8S. The average Bonchev–Trinajstić information content (AvgIpc) is 3.19. The van der Waals surface area contributed by atoms with Crippen LogP contribution in [0.2, 0.25) is 0 Å². The van der Waals surface area contributed by atoms with Crippen LogP contribution in [0.5, 0.6) is 17.2 Å². The Morgan fingerprint density at radius 1 is 1.23 bits per heavy atom. The van der Waals surface area contributed by atoms with Gasteiger partial charge >= 0.3 is 11.7 Å². The van der Waals surface area contributed by atoms with Crippen molar-refractivity contribution in [3.63, 3.8) is 0 Å². The second-order valence-corrected chi connectivity index (χ2v) is 10.9. The summed E-state index contributed by atoms with van der Waals surface area (Å²) in [5, 5.41) is 21.9. The van der Waals surface area contributed by atoms with Crippen molar-refractivity contribution in [2.24, 2.45) is 4.99 Å². The first-order valence-electron chi connectivity index (χ1n) is 11.3. The number of hydrogen-bond acceptors (Lipinski definition) is 10. The van der Waals surface area contributed by atoms with Gasteiger partial charge in [0.25, 0.3) is 5.56 Å². The number of rotatable bonds is 7. The SMILES string of the molecule is CCOC(=O)C1=C(C)N=c2s/c(=C\c3cc(Br)cc([N+](=O)[O-])c3O)c(=O)n2[C@H]1c1cc(OC)c(OC)cc1Br. The lowest BCUT2D eigenvalue weighted by molar-refractivity contribution is -0.385. The van der Waals surface area contributed by atoms with Gasteiger partial charge in [0.2, 0.25) is 5.75 Å². The van der Waals surface area contributed by atoms with Gasteiger partial charge in [0.1, 0.15) is 0 Å². The van der Waals surface area contributed by atoms with Crippen molar-refractivity contribution < 1.29 is 29.0 Å². The zero-order valence-corrected chi connectivity index (χ0v) is 25.0. The summed E-state index contributed by atoms with van der Waals surface area (Å²) in [4.78, 5) is 42.5. The molecule has 0 saturated carbocycles. The standard InChI is InChI=1S/C25H21Br2N3O8S/c1-5-38-24(33)20-11(2)28-25-29(21(20)14-9-17(36-3)18(37-4)10-15(14)27)23(32)19(39-25)7-12-6-13(26)8-16(22(12)31)30(34)35/h6-10,21,31H,5H2,1-4H3/b19-7-/t21-/m0/s1. The number of halogens is 2. The van der Waals surface area contributed by atoms with Crippen LogP contribution in [0, 0.1) is 10.1 Å². The van der Waals surface area contributed by atoms with Crippen LogP contribution in [0.15, 0.2) is 54.3 Å². The van der Waals surface area contributed by atoms with E-state index in [1.807, 2.05) is 0 Å². The third-order valence-electron chi connectivity index (χ3n) is 5.88. The number of hydrogen-bond donors (Lipinski definition) is 1. The number of benzene rings is 2. The van der Waals surface area contributed by atoms with E-state index in [1.165, 1.54) is 30.9 Å². The molecular weight excluding hydrogens is 662 g/mol. The Labute approximate surface area is 242 Å². The average molecular weight is 683 g/mol. The molecule has 4 rings (SSSR count). The molecule has 0 radical (unpaired) electrons. The van der Waals surface area contributed by atoms with Gasteiger partial charge in [-0.05, 0) is 43.7 Å². The second kappa shape index (κ2) is 11.3. The van der Waals surface area contributed by atoms with E-state index in [1.54, 1.807) is 26.0 Å². The number of phenolic OH excluding ortho intramolecular Hbond substituents is 1. The fraction of sp³-hybridized carbons (Fsp3) is 0.240. The topological polar surface area (TPSA) is 142 Å². The van der Waals surface area contributed by atoms with Crippen LogP contribution in [-0.2, 0) is 9.53 Å². The highest BCUT2D eigenvalue weighted by molar-refractivity contribution is 9.10. The molecule has 0 fully saturated rings. The van der Waals surface area contributed by atoms with Gasteiger partial charge in [-0.25, -0.2) is 9.79 Å². The molecule has 0 aliphatic carbocycles. The van der Waals surface area contributed by atoms with Crippen LogP contribution in [-0.4, -0.2) is 41.4 Å². The van der Waals surface area contributed by atoms with E-state index in [0.717, 1.165) is 17.4 Å². The van der Waals surface area contributed by atoms with Gasteiger partial charge in [0.05, 0.1) is 47.6 Å². The Balaban J connectivity index is 2.04. The Hall–Kier alpha value is -3.49. The maximum absolute atomic E-state index is 13.8. The van der Waals surface area contributed by atoms with Crippen molar-refractivity contribution in [2.45, 2.75) is 19.9 Å². The number of phenols is 1. The number of thiazole rings is 1. The molecule has 1 aliphatic rings. The number of nitrogens with zero attached hydrogens (tertiary/aromatic N) is 3. The quantitative estimate of drug-likeness (QED) is 0.224. The predicted octanol–water partition coefficient (Wildman–Crippen LogP) is 3.95. The maximum atomic E-state index is 13.8. The Kier molecular flexibility index (Phi) is 8.28. The number of esters is 1. The number of aromatic hydroxyl groups is 1. The zero-order chi connectivity index (χ0) is 28.6. The first kappa shape index (κ1) is 28.5. The third-order valence-corrected chi connectivity index (χ3v) is 8.01. The molecule has 1 aliphatic heterocycles. The number of aromatic nitrogens is 1. The minimum absolute atomic E-state index is 0.0616. The van der Waals surface area contributed by atoms with Crippen molar-refractivity contribution in [2.75, 3.05) is 20.8 Å². The number of nitro groups is 1. The lowest BCUT2D eigenvalue weighted by Crippen LogP contribution is -2.40. The fourth-order valence-electron chi connectivity index (χ4n) is 4.16. The number of carbonyl (C=O) groups is 1. The summed E-state index contributed by atoms with van der Waals surface area (Å²) in [7, 11) is 2.96. The maximum Gasteiger partial charge on any atom is 0.338 e. The third kappa shape index (κ3) is 5.23. The monoisotopic (exact) mass is 681 g/mol.